The van der Waals surface area contributed by atoms with Crippen molar-refractivity contribution in [1.82, 2.24) is 9.78 Å². The highest BCUT2D eigenvalue weighted by atomic mass is 16.5. The predicted octanol–water partition coefficient (Wildman–Crippen LogP) is 2.19. The number of benzene rings is 1. The molecule has 0 unspecified atom stereocenters. The highest BCUT2D eigenvalue weighted by Gasteiger charge is 2.05. The Balaban J connectivity index is 1.82. The molecule has 0 atom stereocenters. The van der Waals surface area contributed by atoms with Crippen molar-refractivity contribution in [3.63, 3.8) is 0 Å². The number of carbonyl (C=O) groups is 1. The van der Waals surface area contributed by atoms with Crippen molar-refractivity contribution >= 4 is 5.97 Å². The van der Waals surface area contributed by atoms with E-state index in [0.717, 1.165) is 17.7 Å². The van der Waals surface area contributed by atoms with E-state index >= 15 is 0 Å². The third kappa shape index (κ3) is 3.45. The highest BCUT2D eigenvalue weighted by molar-refractivity contribution is 5.69. The fourth-order valence-corrected chi connectivity index (χ4v) is 1.60. The molecule has 0 bridgehead atoms. The molecule has 0 aliphatic heterocycles. The van der Waals surface area contributed by atoms with Gasteiger partial charge in [0.1, 0.15) is 13.2 Å². The van der Waals surface area contributed by atoms with Crippen LogP contribution in [0.25, 0.3) is 0 Å². The lowest BCUT2D eigenvalue weighted by atomic mass is 10.2. The first kappa shape index (κ1) is 12.4. The molecule has 0 saturated heterocycles. The van der Waals surface area contributed by atoms with Gasteiger partial charge < -0.3 is 4.74 Å². The maximum atomic E-state index is 11.6. The summed E-state index contributed by atoms with van der Waals surface area (Å²) in [6, 6.07) is 11.5. The van der Waals surface area contributed by atoms with Crippen molar-refractivity contribution in [3.05, 3.63) is 53.9 Å². The second-order valence-corrected chi connectivity index (χ2v) is 4.00. The molecule has 2 rings (SSSR count). The van der Waals surface area contributed by atoms with Gasteiger partial charge in [-0.25, -0.2) is 0 Å². The lowest BCUT2D eigenvalue weighted by Gasteiger charge is -2.04. The van der Waals surface area contributed by atoms with Crippen LogP contribution >= 0.6 is 0 Å². The molecule has 4 nitrogen and oxygen atoms in total. The monoisotopic (exact) mass is 244 g/mol. The van der Waals surface area contributed by atoms with Crippen molar-refractivity contribution in [2.45, 2.75) is 26.5 Å². The Kier molecular flexibility index (Phi) is 4.12. The second kappa shape index (κ2) is 6.00. The average molecular weight is 244 g/mol. The number of aryl methyl sites for hydroxylation is 1. The summed E-state index contributed by atoms with van der Waals surface area (Å²) in [5, 5.41) is 4.24. The van der Waals surface area contributed by atoms with Crippen LogP contribution in [-0.4, -0.2) is 15.7 Å². The van der Waals surface area contributed by atoms with E-state index in [1.165, 1.54) is 0 Å². The maximum absolute atomic E-state index is 11.6. The maximum Gasteiger partial charge on any atom is 0.328 e. The minimum atomic E-state index is -0.274. The third-order valence-electron chi connectivity index (χ3n) is 2.59. The Morgan fingerprint density at radius 2 is 2.06 bits per heavy atom. The largest absolute Gasteiger partial charge is 0.459 e. The van der Waals surface area contributed by atoms with Crippen LogP contribution < -0.4 is 0 Å². The standard InChI is InChI=1S/C14H16N2O2/c1-2-13-8-9-16(15-13)10-14(17)18-11-12-6-4-3-5-7-12/h3-9H,2,10-11H2,1H3. The molecule has 0 fully saturated rings. The van der Waals surface area contributed by atoms with E-state index < -0.39 is 0 Å². The number of ether oxygens (including phenoxy) is 1. The zero-order chi connectivity index (χ0) is 12.8. The molecule has 94 valence electrons. The Morgan fingerprint density at radius 1 is 1.28 bits per heavy atom. The highest BCUT2D eigenvalue weighted by Crippen LogP contribution is 2.02. The van der Waals surface area contributed by atoms with Crippen molar-refractivity contribution in [2.75, 3.05) is 0 Å². The number of nitrogens with zero attached hydrogens (tertiary/aromatic N) is 2. The first-order valence-electron chi connectivity index (χ1n) is 6.00. The summed E-state index contributed by atoms with van der Waals surface area (Å²) >= 11 is 0. The Labute approximate surface area is 106 Å². The summed E-state index contributed by atoms with van der Waals surface area (Å²) in [5.41, 5.74) is 1.96. The van der Waals surface area contributed by atoms with Crippen LogP contribution in [0, 0.1) is 0 Å². The Hall–Kier alpha value is -2.10. The lowest BCUT2D eigenvalue weighted by Crippen LogP contribution is -2.14. The van der Waals surface area contributed by atoms with Crippen LogP contribution in [0.5, 0.6) is 0 Å². The van der Waals surface area contributed by atoms with E-state index in [1.54, 1.807) is 10.9 Å². The summed E-state index contributed by atoms with van der Waals surface area (Å²) in [7, 11) is 0. The molecule has 0 N–H and O–H groups in total. The lowest BCUT2D eigenvalue weighted by molar-refractivity contribution is -0.145. The second-order valence-electron chi connectivity index (χ2n) is 4.00. The Morgan fingerprint density at radius 3 is 2.72 bits per heavy atom. The van der Waals surface area contributed by atoms with Crippen molar-refractivity contribution < 1.29 is 9.53 Å². The van der Waals surface area contributed by atoms with E-state index in [1.807, 2.05) is 43.3 Å². The number of aromatic nitrogens is 2. The molecule has 0 amide bonds. The van der Waals surface area contributed by atoms with E-state index in [-0.39, 0.29) is 12.5 Å². The minimum absolute atomic E-state index is 0.160. The zero-order valence-electron chi connectivity index (χ0n) is 10.4. The number of hydrogen-bond acceptors (Lipinski definition) is 3. The van der Waals surface area contributed by atoms with Crippen LogP contribution in [0.3, 0.4) is 0 Å². The van der Waals surface area contributed by atoms with Crippen LogP contribution in [0.15, 0.2) is 42.6 Å². The van der Waals surface area contributed by atoms with Crippen LogP contribution in [0.2, 0.25) is 0 Å². The third-order valence-corrected chi connectivity index (χ3v) is 2.59. The quantitative estimate of drug-likeness (QED) is 0.757. The Bertz CT molecular complexity index is 506. The summed E-state index contributed by atoms with van der Waals surface area (Å²) in [6.07, 6.45) is 2.66. The summed E-state index contributed by atoms with van der Waals surface area (Å²) in [4.78, 5) is 11.6. The predicted molar refractivity (Wildman–Crippen MR) is 67.8 cm³/mol. The van der Waals surface area contributed by atoms with Gasteiger partial charge in [0.2, 0.25) is 0 Å². The molecule has 1 aromatic carbocycles. The molecule has 0 radical (unpaired) electrons. The van der Waals surface area contributed by atoms with Gasteiger partial charge in [0, 0.05) is 6.20 Å². The normalized spacial score (nSPS) is 10.3. The molecular formula is C14H16N2O2. The molecular weight excluding hydrogens is 228 g/mol. The summed E-state index contributed by atoms with van der Waals surface area (Å²) in [6.45, 7) is 2.49. The zero-order valence-corrected chi connectivity index (χ0v) is 10.4. The fourth-order valence-electron chi connectivity index (χ4n) is 1.60. The van der Waals surface area contributed by atoms with E-state index in [2.05, 4.69) is 5.10 Å². The summed E-state index contributed by atoms with van der Waals surface area (Å²) in [5.74, 6) is -0.274. The van der Waals surface area contributed by atoms with Crippen molar-refractivity contribution in [1.29, 1.82) is 0 Å². The molecule has 2 aromatic rings. The molecule has 0 spiro atoms. The van der Waals surface area contributed by atoms with Gasteiger partial charge in [-0.15, -0.1) is 0 Å². The van der Waals surface area contributed by atoms with Gasteiger partial charge in [-0.1, -0.05) is 37.3 Å². The first-order valence-corrected chi connectivity index (χ1v) is 6.00. The molecule has 0 saturated carbocycles. The van der Waals surface area contributed by atoms with Crippen LogP contribution in [0.4, 0.5) is 0 Å². The topological polar surface area (TPSA) is 44.1 Å². The van der Waals surface area contributed by atoms with Crippen LogP contribution in [-0.2, 0) is 29.1 Å². The molecule has 0 aliphatic carbocycles. The fraction of sp³-hybridized carbons (Fsp3) is 0.286. The van der Waals surface area contributed by atoms with Crippen molar-refractivity contribution in [3.8, 4) is 0 Å². The molecule has 1 heterocycles. The number of carbonyl (C=O) groups excluding carboxylic acids is 1. The van der Waals surface area contributed by atoms with E-state index in [4.69, 9.17) is 4.74 Å². The van der Waals surface area contributed by atoms with Gasteiger partial charge in [0.15, 0.2) is 0 Å². The van der Waals surface area contributed by atoms with Gasteiger partial charge in [-0.3, -0.25) is 9.48 Å². The smallest absolute Gasteiger partial charge is 0.328 e. The minimum Gasteiger partial charge on any atom is -0.459 e. The van der Waals surface area contributed by atoms with Gasteiger partial charge in [0.05, 0.1) is 5.69 Å². The van der Waals surface area contributed by atoms with E-state index in [9.17, 15) is 4.79 Å². The summed E-state index contributed by atoms with van der Waals surface area (Å²) < 4.78 is 6.78. The average Bonchev–Trinajstić information content (AvgIpc) is 2.85. The molecule has 0 aliphatic rings. The van der Waals surface area contributed by atoms with Crippen LogP contribution in [0.1, 0.15) is 18.2 Å². The van der Waals surface area contributed by atoms with Gasteiger partial charge >= 0.3 is 5.97 Å². The number of esters is 1. The molecule has 18 heavy (non-hydrogen) atoms. The molecule has 4 heteroatoms. The number of hydrogen-bond donors (Lipinski definition) is 0. The SMILES string of the molecule is CCc1ccn(CC(=O)OCc2ccccc2)n1. The van der Waals surface area contributed by atoms with Gasteiger partial charge in [0.25, 0.3) is 0 Å². The first-order chi connectivity index (χ1) is 8.78. The van der Waals surface area contributed by atoms with E-state index in [0.29, 0.717) is 6.61 Å². The van der Waals surface area contributed by atoms with Crippen molar-refractivity contribution in [2.24, 2.45) is 0 Å². The number of rotatable bonds is 5. The van der Waals surface area contributed by atoms with Gasteiger partial charge in [-0.2, -0.15) is 5.10 Å². The molecule has 1 aromatic heterocycles. The van der Waals surface area contributed by atoms with Gasteiger partial charge in [-0.05, 0) is 18.1 Å².